The SMILES string of the molecule is C/C=C(/C=O)N=C(C)c1ccccc1. The molecule has 72 valence electrons. The van der Waals surface area contributed by atoms with Gasteiger partial charge in [0.15, 0.2) is 6.29 Å². The topological polar surface area (TPSA) is 29.4 Å². The highest BCUT2D eigenvalue weighted by atomic mass is 16.1. The van der Waals surface area contributed by atoms with E-state index in [9.17, 15) is 4.79 Å². The maximum atomic E-state index is 10.5. The monoisotopic (exact) mass is 187 g/mol. The van der Waals surface area contributed by atoms with Crippen LogP contribution in [0.5, 0.6) is 0 Å². The molecule has 2 heteroatoms. The number of aliphatic imine (C=N–C) groups is 1. The van der Waals surface area contributed by atoms with E-state index in [1.807, 2.05) is 37.3 Å². The summed E-state index contributed by atoms with van der Waals surface area (Å²) >= 11 is 0. The molecular formula is C12H13NO. The van der Waals surface area contributed by atoms with Gasteiger partial charge in [-0.15, -0.1) is 0 Å². The summed E-state index contributed by atoms with van der Waals surface area (Å²) in [4.78, 5) is 14.7. The van der Waals surface area contributed by atoms with E-state index >= 15 is 0 Å². The van der Waals surface area contributed by atoms with E-state index in [1.165, 1.54) is 0 Å². The Kier molecular flexibility index (Phi) is 3.80. The van der Waals surface area contributed by atoms with Crippen molar-refractivity contribution in [3.63, 3.8) is 0 Å². The van der Waals surface area contributed by atoms with Crippen LogP contribution in [0.25, 0.3) is 0 Å². The van der Waals surface area contributed by atoms with Crippen molar-refractivity contribution in [2.45, 2.75) is 13.8 Å². The zero-order chi connectivity index (χ0) is 10.4. The molecule has 1 rings (SSSR count). The molecule has 0 bridgehead atoms. The number of nitrogens with zero attached hydrogens (tertiary/aromatic N) is 1. The van der Waals surface area contributed by atoms with E-state index in [1.54, 1.807) is 13.0 Å². The van der Waals surface area contributed by atoms with Gasteiger partial charge in [-0.2, -0.15) is 0 Å². The highest BCUT2D eigenvalue weighted by Crippen LogP contribution is 2.03. The molecule has 0 saturated heterocycles. The second kappa shape index (κ2) is 5.12. The number of hydrogen-bond donors (Lipinski definition) is 0. The Morgan fingerprint density at radius 2 is 1.93 bits per heavy atom. The van der Waals surface area contributed by atoms with Crippen LogP contribution < -0.4 is 0 Å². The first-order valence-electron chi connectivity index (χ1n) is 4.50. The first-order chi connectivity index (χ1) is 6.77. The minimum Gasteiger partial charge on any atom is -0.296 e. The minimum absolute atomic E-state index is 0.464. The van der Waals surface area contributed by atoms with Gasteiger partial charge in [0.05, 0.1) is 5.70 Å². The molecule has 0 radical (unpaired) electrons. The van der Waals surface area contributed by atoms with Crippen LogP contribution in [0.3, 0.4) is 0 Å². The summed E-state index contributed by atoms with van der Waals surface area (Å²) in [5, 5.41) is 0. The summed E-state index contributed by atoms with van der Waals surface area (Å²) in [5.74, 6) is 0. The van der Waals surface area contributed by atoms with Crippen LogP contribution in [0.1, 0.15) is 19.4 Å². The van der Waals surface area contributed by atoms with Gasteiger partial charge < -0.3 is 0 Å². The van der Waals surface area contributed by atoms with Crippen molar-refractivity contribution < 1.29 is 4.79 Å². The molecule has 0 aliphatic heterocycles. The average molecular weight is 187 g/mol. The Morgan fingerprint density at radius 1 is 1.29 bits per heavy atom. The first kappa shape index (κ1) is 10.4. The number of carbonyl (C=O) groups excluding carboxylic acids is 1. The van der Waals surface area contributed by atoms with Crippen LogP contribution in [0.2, 0.25) is 0 Å². The number of rotatable bonds is 3. The standard InChI is InChI=1S/C12H13NO/c1-3-12(9-14)13-10(2)11-7-5-4-6-8-11/h3-9H,1-2H3/b12-3-,13-10?. The Morgan fingerprint density at radius 3 is 2.43 bits per heavy atom. The molecule has 0 unspecified atom stereocenters. The summed E-state index contributed by atoms with van der Waals surface area (Å²) in [6.07, 6.45) is 2.45. The predicted octanol–water partition coefficient (Wildman–Crippen LogP) is 2.60. The normalized spacial score (nSPS) is 12.7. The molecule has 14 heavy (non-hydrogen) atoms. The molecule has 0 aliphatic rings. The smallest absolute Gasteiger partial charge is 0.168 e. The van der Waals surface area contributed by atoms with Gasteiger partial charge in [0.25, 0.3) is 0 Å². The van der Waals surface area contributed by atoms with Crippen molar-refractivity contribution in [1.82, 2.24) is 0 Å². The second-order valence-corrected chi connectivity index (χ2v) is 2.89. The molecule has 0 spiro atoms. The van der Waals surface area contributed by atoms with E-state index in [0.717, 1.165) is 17.6 Å². The number of aldehydes is 1. The first-order valence-corrected chi connectivity index (χ1v) is 4.50. The fourth-order valence-electron chi connectivity index (χ4n) is 1.10. The van der Waals surface area contributed by atoms with Crippen LogP contribution in [-0.4, -0.2) is 12.0 Å². The molecule has 0 heterocycles. The second-order valence-electron chi connectivity index (χ2n) is 2.89. The Bertz CT molecular complexity index is 363. The van der Waals surface area contributed by atoms with Gasteiger partial charge in [0, 0.05) is 5.71 Å². The van der Waals surface area contributed by atoms with Gasteiger partial charge in [-0.1, -0.05) is 36.4 Å². The Labute approximate surface area is 84.0 Å². The third-order valence-electron chi connectivity index (χ3n) is 1.90. The predicted molar refractivity (Wildman–Crippen MR) is 58.5 cm³/mol. The van der Waals surface area contributed by atoms with Gasteiger partial charge in [-0.25, -0.2) is 0 Å². The molecule has 0 aromatic heterocycles. The van der Waals surface area contributed by atoms with Gasteiger partial charge >= 0.3 is 0 Å². The van der Waals surface area contributed by atoms with Crippen molar-refractivity contribution >= 4 is 12.0 Å². The zero-order valence-corrected chi connectivity index (χ0v) is 8.40. The van der Waals surface area contributed by atoms with Crippen LogP contribution in [0.4, 0.5) is 0 Å². The third kappa shape index (κ3) is 2.66. The Hall–Kier alpha value is -1.70. The average Bonchev–Trinajstić information content (AvgIpc) is 2.26. The molecule has 0 N–H and O–H groups in total. The molecule has 1 aromatic rings. The lowest BCUT2D eigenvalue weighted by Crippen LogP contribution is -1.95. The number of carbonyl (C=O) groups is 1. The van der Waals surface area contributed by atoms with E-state index in [-0.39, 0.29) is 0 Å². The molecule has 0 atom stereocenters. The van der Waals surface area contributed by atoms with E-state index in [0.29, 0.717) is 5.70 Å². The lowest BCUT2D eigenvalue weighted by molar-refractivity contribution is -0.104. The number of hydrogen-bond acceptors (Lipinski definition) is 2. The molecule has 2 nitrogen and oxygen atoms in total. The molecule has 1 aromatic carbocycles. The number of allylic oxidation sites excluding steroid dienone is 2. The van der Waals surface area contributed by atoms with Crippen LogP contribution in [0, 0.1) is 0 Å². The van der Waals surface area contributed by atoms with Crippen molar-refractivity contribution in [2.24, 2.45) is 4.99 Å². The third-order valence-corrected chi connectivity index (χ3v) is 1.90. The lowest BCUT2D eigenvalue weighted by atomic mass is 10.1. The highest BCUT2D eigenvalue weighted by Gasteiger charge is 1.96. The maximum absolute atomic E-state index is 10.5. The van der Waals surface area contributed by atoms with Crippen LogP contribution in [-0.2, 0) is 4.79 Å². The molecule has 0 amide bonds. The zero-order valence-electron chi connectivity index (χ0n) is 8.40. The van der Waals surface area contributed by atoms with Gasteiger partial charge in [0.2, 0.25) is 0 Å². The summed E-state index contributed by atoms with van der Waals surface area (Å²) < 4.78 is 0. The van der Waals surface area contributed by atoms with Crippen LogP contribution in [0.15, 0.2) is 47.1 Å². The fourth-order valence-corrected chi connectivity index (χ4v) is 1.10. The van der Waals surface area contributed by atoms with Gasteiger partial charge in [0.1, 0.15) is 0 Å². The van der Waals surface area contributed by atoms with Crippen molar-refractivity contribution in [3.8, 4) is 0 Å². The van der Waals surface area contributed by atoms with Crippen LogP contribution >= 0.6 is 0 Å². The summed E-state index contributed by atoms with van der Waals surface area (Å²) in [7, 11) is 0. The minimum atomic E-state index is 0.464. The largest absolute Gasteiger partial charge is 0.296 e. The Balaban J connectivity index is 2.95. The fraction of sp³-hybridized carbons (Fsp3) is 0.167. The van der Waals surface area contributed by atoms with Gasteiger partial charge in [-0.3, -0.25) is 9.79 Å². The summed E-state index contributed by atoms with van der Waals surface area (Å²) in [5.41, 5.74) is 2.35. The molecule has 0 fully saturated rings. The van der Waals surface area contributed by atoms with E-state index in [4.69, 9.17) is 0 Å². The molecular weight excluding hydrogens is 174 g/mol. The van der Waals surface area contributed by atoms with E-state index < -0.39 is 0 Å². The van der Waals surface area contributed by atoms with Crippen molar-refractivity contribution in [3.05, 3.63) is 47.7 Å². The molecule has 0 aliphatic carbocycles. The maximum Gasteiger partial charge on any atom is 0.168 e. The van der Waals surface area contributed by atoms with E-state index in [2.05, 4.69) is 4.99 Å². The van der Waals surface area contributed by atoms with Gasteiger partial charge in [-0.05, 0) is 19.4 Å². The quantitative estimate of drug-likeness (QED) is 0.406. The molecule has 0 saturated carbocycles. The highest BCUT2D eigenvalue weighted by molar-refractivity contribution is 6.00. The number of benzene rings is 1. The van der Waals surface area contributed by atoms with Crippen molar-refractivity contribution in [1.29, 1.82) is 0 Å². The summed E-state index contributed by atoms with van der Waals surface area (Å²) in [6.45, 7) is 3.69. The summed E-state index contributed by atoms with van der Waals surface area (Å²) in [6, 6.07) is 9.79. The van der Waals surface area contributed by atoms with Crippen molar-refractivity contribution in [2.75, 3.05) is 0 Å². The lowest BCUT2D eigenvalue weighted by Gasteiger charge is -1.99.